The molecule has 1 saturated heterocycles. The van der Waals surface area contributed by atoms with E-state index in [-0.39, 0.29) is 6.61 Å². The molecule has 4 nitrogen and oxygen atoms in total. The Hall–Kier alpha value is -1.07. The second-order valence-electron chi connectivity index (χ2n) is 4.93. The van der Waals surface area contributed by atoms with Crippen LogP contribution in [-0.4, -0.2) is 27.6 Å². The summed E-state index contributed by atoms with van der Waals surface area (Å²) >= 11 is 1.62. The van der Waals surface area contributed by atoms with Gasteiger partial charge in [-0.15, -0.1) is 11.3 Å². The van der Waals surface area contributed by atoms with Crippen molar-refractivity contribution in [2.75, 3.05) is 18.0 Å². The van der Waals surface area contributed by atoms with Crippen molar-refractivity contribution in [3.05, 3.63) is 17.3 Å². The van der Waals surface area contributed by atoms with Gasteiger partial charge in [0.15, 0.2) is 10.8 Å². The summed E-state index contributed by atoms with van der Waals surface area (Å²) in [5.74, 6) is 1.85. The van der Waals surface area contributed by atoms with Crippen molar-refractivity contribution in [1.29, 1.82) is 0 Å². The topological polar surface area (TPSA) is 40.8 Å². The molecule has 0 radical (unpaired) electrons. The zero-order valence-corrected chi connectivity index (χ0v) is 11.5. The van der Waals surface area contributed by atoms with Gasteiger partial charge in [0.05, 0.1) is 12.3 Å². The zero-order valence-electron chi connectivity index (χ0n) is 10.7. The Morgan fingerprint density at radius 1 is 1.44 bits per heavy atom. The monoisotopic (exact) mass is 265 g/mol. The van der Waals surface area contributed by atoms with Crippen LogP contribution in [0.15, 0.2) is 11.6 Å². The van der Waals surface area contributed by atoms with Crippen LogP contribution in [0.1, 0.15) is 31.9 Å². The Kier molecular flexibility index (Phi) is 3.26. The molecule has 1 aliphatic rings. The number of anilines is 1. The zero-order chi connectivity index (χ0) is 12.5. The number of imidazole rings is 1. The molecule has 0 spiro atoms. The molecular weight excluding hydrogens is 246 g/mol. The minimum atomic E-state index is 0.0565. The van der Waals surface area contributed by atoms with E-state index in [0.717, 1.165) is 35.5 Å². The van der Waals surface area contributed by atoms with E-state index in [0.29, 0.717) is 0 Å². The van der Waals surface area contributed by atoms with Gasteiger partial charge in [0.2, 0.25) is 0 Å². The fourth-order valence-corrected chi connectivity index (χ4v) is 3.50. The van der Waals surface area contributed by atoms with Crippen molar-refractivity contribution < 1.29 is 5.11 Å². The van der Waals surface area contributed by atoms with E-state index >= 15 is 0 Å². The minimum absolute atomic E-state index is 0.0565. The first-order valence-electron chi connectivity index (χ1n) is 6.63. The maximum absolute atomic E-state index is 9.57. The number of aliphatic hydroxyl groups excluding tert-OH is 1. The van der Waals surface area contributed by atoms with Crippen molar-refractivity contribution >= 4 is 22.1 Å². The number of aliphatic hydroxyl groups is 1. The van der Waals surface area contributed by atoms with Crippen molar-refractivity contribution in [2.24, 2.45) is 5.92 Å². The van der Waals surface area contributed by atoms with Gasteiger partial charge in [-0.1, -0.05) is 13.3 Å². The quantitative estimate of drug-likeness (QED) is 0.927. The number of hydrogen-bond acceptors (Lipinski definition) is 4. The van der Waals surface area contributed by atoms with E-state index in [4.69, 9.17) is 0 Å². The molecule has 2 aromatic rings. The van der Waals surface area contributed by atoms with Crippen LogP contribution in [0.5, 0.6) is 0 Å². The number of fused-ring (bicyclic) bond motifs is 1. The van der Waals surface area contributed by atoms with Crippen LogP contribution >= 0.6 is 11.3 Å². The number of hydrogen-bond donors (Lipinski definition) is 1. The lowest BCUT2D eigenvalue weighted by Gasteiger charge is -2.32. The molecule has 0 aliphatic carbocycles. The van der Waals surface area contributed by atoms with Crippen LogP contribution in [0, 0.1) is 5.92 Å². The molecule has 3 rings (SSSR count). The third-order valence-electron chi connectivity index (χ3n) is 3.98. The third kappa shape index (κ3) is 1.91. The van der Waals surface area contributed by atoms with Gasteiger partial charge in [0.25, 0.3) is 0 Å². The fraction of sp³-hybridized carbons (Fsp3) is 0.615. The summed E-state index contributed by atoms with van der Waals surface area (Å²) in [6.45, 7) is 4.46. The Balaban J connectivity index is 1.87. The molecule has 0 saturated carbocycles. The number of thiazole rings is 1. The first-order chi connectivity index (χ1) is 8.83. The van der Waals surface area contributed by atoms with Crippen molar-refractivity contribution in [3.63, 3.8) is 0 Å². The molecule has 5 heteroatoms. The van der Waals surface area contributed by atoms with E-state index in [2.05, 4.69) is 16.8 Å². The van der Waals surface area contributed by atoms with Crippen molar-refractivity contribution in [3.8, 4) is 0 Å². The lowest BCUT2D eigenvalue weighted by Crippen LogP contribution is -2.34. The van der Waals surface area contributed by atoms with E-state index in [1.807, 2.05) is 16.0 Å². The van der Waals surface area contributed by atoms with Crippen LogP contribution in [0.2, 0.25) is 0 Å². The van der Waals surface area contributed by atoms with E-state index < -0.39 is 0 Å². The first kappa shape index (κ1) is 12.0. The summed E-state index contributed by atoms with van der Waals surface area (Å²) in [6.07, 6.45) is 5.75. The normalized spacial score (nSPS) is 17.8. The molecule has 2 aromatic heterocycles. The highest BCUT2D eigenvalue weighted by molar-refractivity contribution is 7.15. The molecule has 0 bridgehead atoms. The van der Waals surface area contributed by atoms with Gasteiger partial charge in [0.1, 0.15) is 0 Å². The van der Waals surface area contributed by atoms with Crippen LogP contribution < -0.4 is 4.90 Å². The second kappa shape index (κ2) is 4.90. The second-order valence-corrected chi connectivity index (χ2v) is 5.81. The van der Waals surface area contributed by atoms with Gasteiger partial charge >= 0.3 is 0 Å². The van der Waals surface area contributed by atoms with Crippen molar-refractivity contribution in [1.82, 2.24) is 9.38 Å². The van der Waals surface area contributed by atoms with E-state index in [1.165, 1.54) is 19.3 Å². The Morgan fingerprint density at radius 2 is 2.22 bits per heavy atom. The maximum atomic E-state index is 9.57. The summed E-state index contributed by atoms with van der Waals surface area (Å²) in [7, 11) is 0. The van der Waals surface area contributed by atoms with Gasteiger partial charge in [-0.05, 0) is 18.8 Å². The summed E-state index contributed by atoms with van der Waals surface area (Å²) in [5, 5.41) is 11.6. The smallest absolute Gasteiger partial charge is 0.195 e. The predicted octanol–water partition coefficient (Wildman–Crippen LogP) is 2.51. The molecular formula is C13H19N3OS. The molecule has 98 valence electrons. The fourth-order valence-electron chi connectivity index (χ4n) is 2.77. The maximum Gasteiger partial charge on any atom is 0.195 e. The average Bonchev–Trinajstić information content (AvgIpc) is 2.98. The first-order valence-corrected chi connectivity index (χ1v) is 7.51. The number of piperidine rings is 1. The standard InChI is InChI=1S/C13H19N3OS/c1-2-10-3-5-15(6-4-10)12-11(9-17)16-7-8-18-13(16)14-12/h7-8,10,17H,2-6,9H2,1H3. The minimum Gasteiger partial charge on any atom is -0.390 e. The van der Waals surface area contributed by atoms with E-state index in [9.17, 15) is 5.11 Å². The molecule has 0 unspecified atom stereocenters. The molecule has 0 atom stereocenters. The lowest BCUT2D eigenvalue weighted by atomic mass is 9.94. The largest absolute Gasteiger partial charge is 0.390 e. The summed E-state index contributed by atoms with van der Waals surface area (Å²) in [4.78, 5) is 7.97. The average molecular weight is 265 g/mol. The highest BCUT2D eigenvalue weighted by Gasteiger charge is 2.23. The van der Waals surface area contributed by atoms with Gasteiger partial charge in [0, 0.05) is 24.7 Å². The molecule has 0 amide bonds. The van der Waals surface area contributed by atoms with E-state index in [1.54, 1.807) is 11.3 Å². The summed E-state index contributed by atoms with van der Waals surface area (Å²) < 4.78 is 2.01. The Bertz CT molecular complexity index is 525. The number of aromatic nitrogens is 2. The molecule has 0 aromatic carbocycles. The van der Waals surface area contributed by atoms with Crippen LogP contribution in [0.3, 0.4) is 0 Å². The van der Waals surface area contributed by atoms with Gasteiger partial charge < -0.3 is 10.0 Å². The van der Waals surface area contributed by atoms with Gasteiger partial charge in [-0.3, -0.25) is 4.40 Å². The Labute approximate surface area is 111 Å². The molecule has 1 N–H and O–H groups in total. The van der Waals surface area contributed by atoms with Gasteiger partial charge in [-0.25, -0.2) is 4.98 Å². The third-order valence-corrected chi connectivity index (χ3v) is 4.74. The van der Waals surface area contributed by atoms with Crippen LogP contribution in [0.25, 0.3) is 4.96 Å². The Morgan fingerprint density at radius 3 is 2.89 bits per heavy atom. The van der Waals surface area contributed by atoms with Crippen LogP contribution in [0.4, 0.5) is 5.82 Å². The molecule has 1 aliphatic heterocycles. The summed E-state index contributed by atoms with van der Waals surface area (Å²) in [5.41, 5.74) is 0.932. The SMILES string of the molecule is CCC1CCN(c2nc3sccn3c2CO)CC1. The van der Waals surface area contributed by atoms with Gasteiger partial charge in [-0.2, -0.15) is 0 Å². The number of rotatable bonds is 3. The van der Waals surface area contributed by atoms with Crippen LogP contribution in [-0.2, 0) is 6.61 Å². The predicted molar refractivity (Wildman–Crippen MR) is 74.2 cm³/mol. The lowest BCUT2D eigenvalue weighted by molar-refractivity contribution is 0.275. The summed E-state index contributed by atoms with van der Waals surface area (Å²) in [6, 6.07) is 0. The van der Waals surface area contributed by atoms with Crippen molar-refractivity contribution in [2.45, 2.75) is 32.8 Å². The number of nitrogens with zero attached hydrogens (tertiary/aromatic N) is 3. The highest BCUT2D eigenvalue weighted by atomic mass is 32.1. The molecule has 3 heterocycles. The molecule has 1 fully saturated rings. The molecule has 18 heavy (non-hydrogen) atoms. The highest BCUT2D eigenvalue weighted by Crippen LogP contribution is 2.29.